The minimum absolute atomic E-state index is 0.150. The van der Waals surface area contributed by atoms with Crippen molar-refractivity contribution in [2.45, 2.75) is 13.0 Å². The predicted octanol–water partition coefficient (Wildman–Crippen LogP) is 2.24. The van der Waals surface area contributed by atoms with Crippen molar-refractivity contribution in [2.24, 2.45) is 5.73 Å². The molecule has 0 saturated carbocycles. The van der Waals surface area contributed by atoms with Gasteiger partial charge >= 0.3 is 0 Å². The van der Waals surface area contributed by atoms with Gasteiger partial charge in [-0.15, -0.1) is 0 Å². The molecule has 0 heterocycles. The number of rotatable bonds is 5. The quantitative estimate of drug-likeness (QED) is 0.616. The fourth-order valence-electron chi connectivity index (χ4n) is 1.35. The Morgan fingerprint density at radius 1 is 1.56 bits per heavy atom. The van der Waals surface area contributed by atoms with E-state index in [9.17, 15) is 4.39 Å². The first-order chi connectivity index (χ1) is 7.50. The lowest BCUT2D eigenvalue weighted by Gasteiger charge is -2.17. The van der Waals surface area contributed by atoms with Crippen molar-refractivity contribution >= 4 is 17.4 Å². The van der Waals surface area contributed by atoms with E-state index in [1.165, 1.54) is 6.07 Å². The third kappa shape index (κ3) is 3.79. The van der Waals surface area contributed by atoms with Crippen LogP contribution in [0.2, 0.25) is 5.02 Å². The van der Waals surface area contributed by atoms with Crippen LogP contribution in [0, 0.1) is 11.2 Å². The molecule has 0 aliphatic rings. The van der Waals surface area contributed by atoms with Crippen LogP contribution in [-0.4, -0.2) is 24.3 Å². The van der Waals surface area contributed by atoms with Gasteiger partial charge in [-0.05, 0) is 18.7 Å². The summed E-state index contributed by atoms with van der Waals surface area (Å²) >= 11 is 5.83. The summed E-state index contributed by atoms with van der Waals surface area (Å²) < 4.78 is 13.1. The van der Waals surface area contributed by atoms with E-state index in [4.69, 9.17) is 22.7 Å². The highest BCUT2D eigenvalue weighted by Crippen LogP contribution is 2.20. The maximum atomic E-state index is 13.1. The normalized spacial score (nSPS) is 10.8. The zero-order valence-corrected chi connectivity index (χ0v) is 9.89. The maximum absolute atomic E-state index is 13.1. The van der Waals surface area contributed by atoms with Gasteiger partial charge in [-0.1, -0.05) is 23.7 Å². The molecule has 0 saturated heterocycles. The van der Waals surface area contributed by atoms with Gasteiger partial charge in [0.25, 0.3) is 0 Å². The Hall–Kier alpha value is -1.13. The molecule has 0 unspecified atom stereocenters. The number of nitrogens with two attached hydrogens (primary N) is 1. The number of amidine groups is 1. The van der Waals surface area contributed by atoms with Gasteiger partial charge in [-0.2, -0.15) is 0 Å². The van der Waals surface area contributed by atoms with E-state index in [0.717, 1.165) is 5.56 Å². The summed E-state index contributed by atoms with van der Waals surface area (Å²) in [6.07, 6.45) is 0.503. The van der Waals surface area contributed by atoms with Crippen molar-refractivity contribution in [1.82, 2.24) is 4.90 Å². The Bertz CT molecular complexity index is 381. The molecule has 1 rings (SSSR count). The number of benzene rings is 1. The molecule has 3 nitrogen and oxygen atoms in total. The van der Waals surface area contributed by atoms with Gasteiger partial charge in [0.2, 0.25) is 0 Å². The fourth-order valence-corrected chi connectivity index (χ4v) is 1.54. The van der Waals surface area contributed by atoms with Gasteiger partial charge in [0.05, 0.1) is 10.9 Å². The summed E-state index contributed by atoms with van der Waals surface area (Å²) in [5.74, 6) is -0.253. The maximum Gasteiger partial charge on any atom is 0.142 e. The lowest BCUT2D eigenvalue weighted by Crippen LogP contribution is -2.24. The van der Waals surface area contributed by atoms with Crippen molar-refractivity contribution in [3.8, 4) is 0 Å². The van der Waals surface area contributed by atoms with Crippen molar-refractivity contribution in [3.63, 3.8) is 0 Å². The molecule has 0 aliphatic carbocycles. The van der Waals surface area contributed by atoms with Gasteiger partial charge in [0, 0.05) is 19.5 Å². The summed E-state index contributed by atoms with van der Waals surface area (Å²) in [5, 5.41) is 7.27. The topological polar surface area (TPSA) is 53.1 Å². The lowest BCUT2D eigenvalue weighted by molar-refractivity contribution is 0.336. The smallest absolute Gasteiger partial charge is 0.142 e. The van der Waals surface area contributed by atoms with E-state index < -0.39 is 5.82 Å². The molecule has 0 amide bonds. The highest BCUT2D eigenvalue weighted by atomic mass is 35.5. The largest absolute Gasteiger partial charge is 0.388 e. The summed E-state index contributed by atoms with van der Waals surface area (Å²) in [5.41, 5.74) is 6.00. The van der Waals surface area contributed by atoms with Gasteiger partial charge in [0.1, 0.15) is 5.82 Å². The average Bonchev–Trinajstić information content (AvgIpc) is 2.22. The number of hydrogen-bond acceptors (Lipinski definition) is 2. The molecule has 1 aromatic rings. The third-order valence-electron chi connectivity index (χ3n) is 2.23. The van der Waals surface area contributed by atoms with Crippen LogP contribution in [0.4, 0.5) is 4.39 Å². The van der Waals surface area contributed by atoms with Crippen LogP contribution in [0.5, 0.6) is 0 Å². The fraction of sp³-hybridized carbons (Fsp3) is 0.364. The zero-order chi connectivity index (χ0) is 12.1. The van der Waals surface area contributed by atoms with Gasteiger partial charge in [0.15, 0.2) is 0 Å². The molecule has 1 aromatic carbocycles. The minimum Gasteiger partial charge on any atom is -0.388 e. The van der Waals surface area contributed by atoms with E-state index >= 15 is 0 Å². The summed E-state index contributed by atoms with van der Waals surface area (Å²) in [4.78, 5) is 1.95. The van der Waals surface area contributed by atoms with Gasteiger partial charge in [-0.25, -0.2) is 4.39 Å². The first-order valence-electron chi connectivity index (χ1n) is 4.95. The molecule has 0 atom stereocenters. The summed E-state index contributed by atoms with van der Waals surface area (Å²) in [6, 6.07) is 4.76. The lowest BCUT2D eigenvalue weighted by atomic mass is 10.2. The molecule has 5 heteroatoms. The van der Waals surface area contributed by atoms with Gasteiger partial charge < -0.3 is 10.6 Å². The molecule has 16 heavy (non-hydrogen) atoms. The third-order valence-corrected chi connectivity index (χ3v) is 2.66. The zero-order valence-electron chi connectivity index (χ0n) is 9.13. The number of halogens is 2. The average molecular weight is 244 g/mol. The molecule has 0 bridgehead atoms. The Morgan fingerprint density at radius 3 is 2.88 bits per heavy atom. The Labute approximate surface area is 99.5 Å². The van der Waals surface area contributed by atoms with Crippen molar-refractivity contribution < 1.29 is 4.39 Å². The monoisotopic (exact) mass is 243 g/mol. The Morgan fingerprint density at radius 2 is 2.25 bits per heavy atom. The molecule has 88 valence electrons. The minimum atomic E-state index is -0.404. The second kappa shape index (κ2) is 5.82. The van der Waals surface area contributed by atoms with Crippen LogP contribution in [0.1, 0.15) is 12.0 Å². The van der Waals surface area contributed by atoms with Crippen LogP contribution < -0.4 is 5.73 Å². The molecular weight excluding hydrogens is 229 g/mol. The number of hydrogen-bond donors (Lipinski definition) is 2. The Balaban J connectivity index is 2.59. The van der Waals surface area contributed by atoms with Crippen LogP contribution in [-0.2, 0) is 6.54 Å². The molecule has 0 aliphatic heterocycles. The van der Waals surface area contributed by atoms with Crippen LogP contribution in [0.3, 0.4) is 0 Å². The standard InChI is InChI=1S/C11H15ClFN3/c1-16(6-5-10(14)15)7-8-3-2-4-9(13)11(8)12/h2-4H,5-7H2,1H3,(H3,14,15). The molecule has 3 N–H and O–H groups in total. The molecule has 0 spiro atoms. The van der Waals surface area contributed by atoms with E-state index in [0.29, 0.717) is 19.5 Å². The van der Waals surface area contributed by atoms with E-state index in [2.05, 4.69) is 0 Å². The van der Waals surface area contributed by atoms with Gasteiger partial charge in [-0.3, -0.25) is 5.41 Å². The van der Waals surface area contributed by atoms with Crippen molar-refractivity contribution in [2.75, 3.05) is 13.6 Å². The number of nitrogens with zero attached hydrogens (tertiary/aromatic N) is 1. The SMILES string of the molecule is CN(CCC(=N)N)Cc1cccc(F)c1Cl. The highest BCUT2D eigenvalue weighted by Gasteiger charge is 2.08. The number of nitrogens with one attached hydrogen (secondary N) is 1. The van der Waals surface area contributed by atoms with Crippen LogP contribution in [0.15, 0.2) is 18.2 Å². The van der Waals surface area contributed by atoms with E-state index in [1.54, 1.807) is 12.1 Å². The van der Waals surface area contributed by atoms with Crippen LogP contribution in [0.25, 0.3) is 0 Å². The van der Waals surface area contributed by atoms with Crippen LogP contribution >= 0.6 is 11.6 Å². The summed E-state index contributed by atoms with van der Waals surface area (Å²) in [7, 11) is 1.88. The first kappa shape index (κ1) is 12.9. The molecular formula is C11H15ClFN3. The summed E-state index contributed by atoms with van der Waals surface area (Å²) in [6.45, 7) is 1.20. The second-order valence-electron chi connectivity index (χ2n) is 3.73. The van der Waals surface area contributed by atoms with E-state index in [1.807, 2.05) is 11.9 Å². The predicted molar refractivity (Wildman–Crippen MR) is 64.3 cm³/mol. The van der Waals surface area contributed by atoms with E-state index in [-0.39, 0.29) is 10.9 Å². The molecule has 0 fully saturated rings. The Kier molecular flexibility index (Phi) is 4.71. The van der Waals surface area contributed by atoms with Crippen molar-refractivity contribution in [1.29, 1.82) is 5.41 Å². The first-order valence-corrected chi connectivity index (χ1v) is 5.33. The molecule has 0 aromatic heterocycles. The second-order valence-corrected chi connectivity index (χ2v) is 4.10. The van der Waals surface area contributed by atoms with Crippen molar-refractivity contribution in [3.05, 3.63) is 34.6 Å². The molecule has 0 radical (unpaired) electrons. The highest BCUT2D eigenvalue weighted by molar-refractivity contribution is 6.31.